The maximum atomic E-state index is 12.2. The summed E-state index contributed by atoms with van der Waals surface area (Å²) in [4.78, 5) is 26.2. The minimum Gasteiger partial charge on any atom is -0.336 e. The summed E-state index contributed by atoms with van der Waals surface area (Å²) in [7, 11) is 1.68. The zero-order chi connectivity index (χ0) is 16.4. The molecule has 0 spiro atoms. The van der Waals surface area contributed by atoms with Crippen molar-refractivity contribution in [2.24, 2.45) is 7.05 Å². The molecule has 1 atom stereocenters. The zero-order valence-electron chi connectivity index (χ0n) is 14.2. The number of carbonyl (C=O) groups excluding carboxylic acids is 1. The molecule has 0 radical (unpaired) electrons. The molecule has 7 nitrogen and oxygen atoms in total. The molecule has 0 saturated carbocycles. The van der Waals surface area contributed by atoms with Gasteiger partial charge in [-0.1, -0.05) is 0 Å². The lowest BCUT2D eigenvalue weighted by Gasteiger charge is -2.33. The number of rotatable bonds is 3. The van der Waals surface area contributed by atoms with Crippen LogP contribution in [-0.2, 0) is 7.05 Å². The van der Waals surface area contributed by atoms with E-state index in [1.54, 1.807) is 11.6 Å². The van der Waals surface area contributed by atoms with E-state index in [4.69, 9.17) is 0 Å². The van der Waals surface area contributed by atoms with E-state index in [0.29, 0.717) is 6.54 Å². The average molecular weight is 309 g/mol. The molecule has 22 heavy (non-hydrogen) atoms. The SMILES string of the molecule is CC(C)NC(=O)N1CCCC(c2nn(C)c(=O)n2C(C)C)C1. The van der Waals surface area contributed by atoms with Crippen LogP contribution in [0.2, 0.25) is 0 Å². The van der Waals surface area contributed by atoms with Crippen molar-refractivity contribution >= 4 is 6.03 Å². The van der Waals surface area contributed by atoms with Gasteiger partial charge < -0.3 is 10.2 Å². The number of hydrogen-bond acceptors (Lipinski definition) is 3. The maximum absolute atomic E-state index is 12.2. The Balaban J connectivity index is 2.21. The minimum atomic E-state index is -0.0891. The third-order valence-corrected chi connectivity index (χ3v) is 3.98. The number of nitrogens with one attached hydrogen (secondary N) is 1. The van der Waals surface area contributed by atoms with Crippen LogP contribution in [0.3, 0.4) is 0 Å². The van der Waals surface area contributed by atoms with Crippen LogP contribution in [0.15, 0.2) is 4.79 Å². The van der Waals surface area contributed by atoms with Crippen molar-refractivity contribution in [1.29, 1.82) is 0 Å². The first-order valence-corrected chi connectivity index (χ1v) is 8.02. The van der Waals surface area contributed by atoms with Crippen molar-refractivity contribution < 1.29 is 4.79 Å². The summed E-state index contributed by atoms with van der Waals surface area (Å²) in [5, 5.41) is 7.35. The van der Waals surface area contributed by atoms with Crippen LogP contribution in [-0.4, -0.2) is 44.4 Å². The molecule has 2 rings (SSSR count). The predicted molar refractivity (Wildman–Crippen MR) is 85.1 cm³/mol. The monoisotopic (exact) mass is 309 g/mol. The number of aryl methyl sites for hydroxylation is 1. The van der Waals surface area contributed by atoms with Crippen LogP contribution in [0.25, 0.3) is 0 Å². The largest absolute Gasteiger partial charge is 0.345 e. The molecule has 2 amide bonds. The number of nitrogens with zero attached hydrogens (tertiary/aromatic N) is 4. The Morgan fingerprint density at radius 3 is 2.59 bits per heavy atom. The fourth-order valence-corrected chi connectivity index (χ4v) is 2.97. The predicted octanol–water partition coefficient (Wildman–Crippen LogP) is 1.46. The van der Waals surface area contributed by atoms with Crippen LogP contribution in [0.1, 0.15) is 58.3 Å². The first-order valence-electron chi connectivity index (χ1n) is 8.02. The van der Waals surface area contributed by atoms with Gasteiger partial charge in [-0.2, -0.15) is 5.10 Å². The highest BCUT2D eigenvalue weighted by Gasteiger charge is 2.29. The standard InChI is InChI=1S/C15H27N5O2/c1-10(2)16-14(21)19-8-6-7-12(9-19)13-17-18(5)15(22)20(13)11(3)4/h10-12H,6-9H2,1-5H3,(H,16,21). The van der Waals surface area contributed by atoms with Gasteiger partial charge in [0.15, 0.2) is 0 Å². The molecule has 1 fully saturated rings. The molecule has 124 valence electrons. The van der Waals surface area contributed by atoms with E-state index in [0.717, 1.165) is 25.2 Å². The molecule has 1 unspecified atom stereocenters. The van der Waals surface area contributed by atoms with E-state index in [-0.39, 0.29) is 29.7 Å². The second-order valence-electron chi connectivity index (χ2n) is 6.62. The molecule has 0 aromatic carbocycles. The number of amides is 2. The van der Waals surface area contributed by atoms with Gasteiger partial charge in [0.2, 0.25) is 0 Å². The number of likely N-dealkylation sites (tertiary alicyclic amines) is 1. The summed E-state index contributed by atoms with van der Waals surface area (Å²) in [6.07, 6.45) is 1.88. The molecule has 1 aliphatic rings. The van der Waals surface area contributed by atoms with Gasteiger partial charge in [0.05, 0.1) is 0 Å². The van der Waals surface area contributed by atoms with Crippen LogP contribution in [0, 0.1) is 0 Å². The zero-order valence-corrected chi connectivity index (χ0v) is 14.2. The summed E-state index contributed by atoms with van der Waals surface area (Å²) in [5.74, 6) is 0.910. The summed E-state index contributed by atoms with van der Waals surface area (Å²) in [6.45, 7) is 9.25. The summed E-state index contributed by atoms with van der Waals surface area (Å²) < 4.78 is 3.14. The van der Waals surface area contributed by atoms with Gasteiger partial charge in [0.25, 0.3) is 0 Å². The van der Waals surface area contributed by atoms with E-state index in [1.165, 1.54) is 4.68 Å². The Kier molecular flexibility index (Phi) is 4.93. The van der Waals surface area contributed by atoms with E-state index in [1.807, 2.05) is 32.6 Å². The molecule has 2 heterocycles. The van der Waals surface area contributed by atoms with Crippen LogP contribution in [0.4, 0.5) is 4.79 Å². The van der Waals surface area contributed by atoms with Gasteiger partial charge in [-0.3, -0.25) is 4.57 Å². The van der Waals surface area contributed by atoms with Gasteiger partial charge >= 0.3 is 11.7 Å². The summed E-state index contributed by atoms with van der Waals surface area (Å²) in [5.41, 5.74) is -0.0891. The highest BCUT2D eigenvalue weighted by molar-refractivity contribution is 5.74. The van der Waals surface area contributed by atoms with Crippen molar-refractivity contribution in [2.75, 3.05) is 13.1 Å². The Morgan fingerprint density at radius 1 is 1.32 bits per heavy atom. The lowest BCUT2D eigenvalue weighted by molar-refractivity contribution is 0.175. The fraction of sp³-hybridized carbons (Fsp3) is 0.800. The minimum absolute atomic E-state index is 0.0333. The molecule has 7 heteroatoms. The van der Waals surface area contributed by atoms with Crippen molar-refractivity contribution in [3.63, 3.8) is 0 Å². The van der Waals surface area contributed by atoms with Crippen LogP contribution >= 0.6 is 0 Å². The topological polar surface area (TPSA) is 72.2 Å². The molecule has 1 aromatic rings. The molecular weight excluding hydrogens is 282 g/mol. The lowest BCUT2D eigenvalue weighted by atomic mass is 9.97. The number of carbonyl (C=O) groups is 1. The summed E-state index contributed by atoms with van der Waals surface area (Å²) >= 11 is 0. The number of hydrogen-bond donors (Lipinski definition) is 1. The van der Waals surface area contributed by atoms with E-state index in [2.05, 4.69) is 10.4 Å². The highest BCUT2D eigenvalue weighted by Crippen LogP contribution is 2.26. The second-order valence-corrected chi connectivity index (χ2v) is 6.62. The third-order valence-electron chi connectivity index (χ3n) is 3.98. The Morgan fingerprint density at radius 2 is 2.00 bits per heavy atom. The van der Waals surface area contributed by atoms with E-state index < -0.39 is 0 Å². The lowest BCUT2D eigenvalue weighted by Crippen LogP contribution is -2.47. The van der Waals surface area contributed by atoms with Gasteiger partial charge in [0.1, 0.15) is 5.82 Å². The first kappa shape index (κ1) is 16.6. The normalized spacial score (nSPS) is 19.0. The molecule has 0 bridgehead atoms. The third kappa shape index (κ3) is 3.34. The second kappa shape index (κ2) is 6.54. The van der Waals surface area contributed by atoms with Gasteiger partial charge in [-0.25, -0.2) is 14.3 Å². The van der Waals surface area contributed by atoms with Crippen LogP contribution < -0.4 is 11.0 Å². The molecule has 1 aliphatic heterocycles. The quantitative estimate of drug-likeness (QED) is 0.919. The van der Waals surface area contributed by atoms with Crippen molar-refractivity contribution in [2.45, 2.75) is 58.5 Å². The van der Waals surface area contributed by atoms with Crippen molar-refractivity contribution in [1.82, 2.24) is 24.6 Å². The maximum Gasteiger partial charge on any atom is 0.345 e. The van der Waals surface area contributed by atoms with Crippen LogP contribution in [0.5, 0.6) is 0 Å². The smallest absolute Gasteiger partial charge is 0.336 e. The first-order chi connectivity index (χ1) is 10.3. The molecule has 1 aromatic heterocycles. The Bertz CT molecular complexity index is 587. The number of urea groups is 1. The fourth-order valence-electron chi connectivity index (χ4n) is 2.97. The number of piperidine rings is 1. The molecule has 1 saturated heterocycles. The van der Waals surface area contributed by atoms with E-state index >= 15 is 0 Å². The molecule has 1 N–H and O–H groups in total. The van der Waals surface area contributed by atoms with E-state index in [9.17, 15) is 9.59 Å². The molecular formula is C15H27N5O2. The van der Waals surface area contributed by atoms with Crippen molar-refractivity contribution in [3.8, 4) is 0 Å². The van der Waals surface area contributed by atoms with Gasteiger partial charge in [-0.15, -0.1) is 0 Å². The van der Waals surface area contributed by atoms with Crippen molar-refractivity contribution in [3.05, 3.63) is 16.3 Å². The Labute approximate surface area is 131 Å². The Hall–Kier alpha value is -1.79. The number of aromatic nitrogens is 3. The molecule has 0 aliphatic carbocycles. The average Bonchev–Trinajstić information content (AvgIpc) is 2.74. The van der Waals surface area contributed by atoms with Gasteiger partial charge in [0, 0.05) is 38.1 Å². The summed E-state index contributed by atoms with van der Waals surface area (Å²) in [6, 6.07) is 0.154. The highest BCUT2D eigenvalue weighted by atomic mass is 16.2. The van der Waals surface area contributed by atoms with Gasteiger partial charge in [-0.05, 0) is 40.5 Å².